The van der Waals surface area contributed by atoms with Gasteiger partial charge in [0, 0.05) is 28.2 Å². The second kappa shape index (κ2) is 6.36. The average molecular weight is 217 g/mol. The van der Waals surface area contributed by atoms with Crippen molar-refractivity contribution < 1.29 is 14.4 Å². The van der Waals surface area contributed by atoms with E-state index in [1.54, 1.807) is 28.2 Å². The summed E-state index contributed by atoms with van der Waals surface area (Å²) >= 11 is 0. The number of hydroxylamine groups is 1. The molecule has 0 aliphatic rings. The quantitative estimate of drug-likeness (QED) is 0.605. The Balaban J connectivity index is 4.40. The van der Waals surface area contributed by atoms with Crippen LogP contribution in [0.2, 0.25) is 0 Å². The molecule has 1 atom stereocenters. The third kappa shape index (κ3) is 4.75. The number of nitrogens with one attached hydrogen (secondary N) is 1. The topological polar surface area (TPSA) is 61.9 Å². The van der Waals surface area contributed by atoms with Crippen molar-refractivity contribution in [3.05, 3.63) is 0 Å². The first-order valence-corrected chi connectivity index (χ1v) is 4.60. The summed E-state index contributed by atoms with van der Waals surface area (Å²) < 4.78 is 0. The van der Waals surface area contributed by atoms with Crippen LogP contribution < -0.4 is 5.48 Å². The summed E-state index contributed by atoms with van der Waals surface area (Å²) in [5.74, 6) is -0.313. The molecule has 6 nitrogen and oxygen atoms in total. The first-order valence-electron chi connectivity index (χ1n) is 4.60. The van der Waals surface area contributed by atoms with Gasteiger partial charge in [-0.15, -0.1) is 0 Å². The largest absolute Gasteiger partial charge is 0.349 e. The van der Waals surface area contributed by atoms with Crippen LogP contribution in [0.15, 0.2) is 0 Å². The fourth-order valence-corrected chi connectivity index (χ4v) is 0.991. The molecule has 0 rings (SSSR count). The predicted molar refractivity (Wildman–Crippen MR) is 55.9 cm³/mol. The Kier molecular flexibility index (Phi) is 5.88. The maximum absolute atomic E-state index is 11.6. The van der Waals surface area contributed by atoms with Crippen LogP contribution in [0.25, 0.3) is 0 Å². The van der Waals surface area contributed by atoms with Gasteiger partial charge in [0.25, 0.3) is 0 Å². The van der Waals surface area contributed by atoms with Crippen molar-refractivity contribution in [2.75, 3.05) is 35.3 Å². The predicted octanol–water partition coefficient (Wildman–Crippen LogP) is -0.927. The van der Waals surface area contributed by atoms with Gasteiger partial charge in [0.15, 0.2) is 0 Å². The molecule has 0 spiro atoms. The van der Waals surface area contributed by atoms with Gasteiger partial charge in [-0.25, -0.2) is 0 Å². The van der Waals surface area contributed by atoms with E-state index in [4.69, 9.17) is 0 Å². The molecular formula is C9H19N3O3. The van der Waals surface area contributed by atoms with Crippen molar-refractivity contribution >= 4 is 11.8 Å². The van der Waals surface area contributed by atoms with Crippen molar-refractivity contribution in [3.8, 4) is 0 Å². The third-order valence-corrected chi connectivity index (χ3v) is 1.88. The van der Waals surface area contributed by atoms with Crippen molar-refractivity contribution in [2.45, 2.75) is 12.5 Å². The minimum Gasteiger partial charge on any atom is -0.349 e. The molecule has 1 N–H and O–H groups in total. The van der Waals surface area contributed by atoms with Crippen LogP contribution >= 0.6 is 0 Å². The fraction of sp³-hybridized carbons (Fsp3) is 0.778. The molecule has 0 saturated heterocycles. The van der Waals surface area contributed by atoms with Gasteiger partial charge in [-0.2, -0.15) is 5.48 Å². The zero-order valence-corrected chi connectivity index (χ0v) is 9.90. The molecule has 0 aromatic carbocycles. The lowest BCUT2D eigenvalue weighted by atomic mass is 10.2. The van der Waals surface area contributed by atoms with Gasteiger partial charge in [0.2, 0.25) is 11.8 Å². The van der Waals surface area contributed by atoms with Crippen LogP contribution in [0.3, 0.4) is 0 Å². The second-order valence-corrected chi connectivity index (χ2v) is 3.60. The van der Waals surface area contributed by atoms with Gasteiger partial charge < -0.3 is 14.6 Å². The standard InChI is InChI=1S/C9H19N3O3/c1-11(2)8(13)6-7(10-15-5)9(14)12(3)4/h7,10H,6H2,1-5H3. The van der Waals surface area contributed by atoms with Crippen molar-refractivity contribution in [2.24, 2.45) is 0 Å². The van der Waals surface area contributed by atoms with E-state index in [2.05, 4.69) is 10.3 Å². The Labute approximate surface area is 90.1 Å². The van der Waals surface area contributed by atoms with Gasteiger partial charge in [0.1, 0.15) is 6.04 Å². The monoisotopic (exact) mass is 217 g/mol. The van der Waals surface area contributed by atoms with E-state index in [-0.39, 0.29) is 18.2 Å². The van der Waals surface area contributed by atoms with E-state index in [9.17, 15) is 9.59 Å². The number of likely N-dealkylation sites (N-methyl/N-ethyl adjacent to an activating group) is 1. The number of carbonyl (C=O) groups is 2. The molecule has 0 saturated carbocycles. The number of hydrogen-bond acceptors (Lipinski definition) is 4. The van der Waals surface area contributed by atoms with Crippen LogP contribution in [-0.4, -0.2) is 63.0 Å². The van der Waals surface area contributed by atoms with Gasteiger partial charge in [-0.1, -0.05) is 0 Å². The molecule has 1 unspecified atom stereocenters. The molecule has 0 fully saturated rings. The van der Waals surface area contributed by atoms with Gasteiger partial charge in [0.05, 0.1) is 13.5 Å². The number of amides is 2. The summed E-state index contributed by atoms with van der Waals surface area (Å²) in [6.45, 7) is 0. The average Bonchev–Trinajstić information content (AvgIpc) is 2.15. The summed E-state index contributed by atoms with van der Waals surface area (Å²) in [6, 6.07) is -0.639. The Morgan fingerprint density at radius 1 is 1.20 bits per heavy atom. The first-order chi connectivity index (χ1) is 6.90. The second-order valence-electron chi connectivity index (χ2n) is 3.60. The highest BCUT2D eigenvalue weighted by molar-refractivity contribution is 5.87. The number of carbonyl (C=O) groups excluding carboxylic acids is 2. The Bertz CT molecular complexity index is 229. The lowest BCUT2D eigenvalue weighted by Gasteiger charge is -2.21. The molecule has 88 valence electrons. The van der Waals surface area contributed by atoms with Gasteiger partial charge in [-0.05, 0) is 0 Å². The van der Waals surface area contributed by atoms with Gasteiger partial charge >= 0.3 is 0 Å². The van der Waals surface area contributed by atoms with Crippen molar-refractivity contribution in [1.29, 1.82) is 0 Å². The fourth-order valence-electron chi connectivity index (χ4n) is 0.991. The molecule has 2 amide bonds. The molecule has 0 aliphatic heterocycles. The Morgan fingerprint density at radius 3 is 2.07 bits per heavy atom. The summed E-state index contributed by atoms with van der Waals surface area (Å²) in [5.41, 5.74) is 2.51. The van der Waals surface area contributed by atoms with E-state index in [1.807, 2.05) is 0 Å². The smallest absolute Gasteiger partial charge is 0.242 e. The number of hydrogen-bond donors (Lipinski definition) is 1. The molecular weight excluding hydrogens is 198 g/mol. The zero-order valence-electron chi connectivity index (χ0n) is 9.90. The maximum Gasteiger partial charge on any atom is 0.242 e. The lowest BCUT2D eigenvalue weighted by molar-refractivity contribution is -0.140. The Morgan fingerprint density at radius 2 is 1.73 bits per heavy atom. The normalized spacial score (nSPS) is 12.1. The van der Waals surface area contributed by atoms with E-state index < -0.39 is 6.04 Å². The summed E-state index contributed by atoms with van der Waals surface area (Å²) in [5, 5.41) is 0. The SMILES string of the molecule is CONC(CC(=O)N(C)C)C(=O)N(C)C. The Hall–Kier alpha value is -1.14. The van der Waals surface area contributed by atoms with E-state index in [1.165, 1.54) is 16.9 Å². The summed E-state index contributed by atoms with van der Waals surface area (Å²) in [6.07, 6.45) is 0.0812. The highest BCUT2D eigenvalue weighted by atomic mass is 16.6. The van der Waals surface area contributed by atoms with Crippen molar-refractivity contribution in [1.82, 2.24) is 15.3 Å². The lowest BCUT2D eigenvalue weighted by Crippen LogP contribution is -2.45. The van der Waals surface area contributed by atoms with Crippen LogP contribution in [-0.2, 0) is 14.4 Å². The molecule has 0 heterocycles. The number of rotatable bonds is 5. The molecule has 0 aromatic heterocycles. The van der Waals surface area contributed by atoms with Crippen molar-refractivity contribution in [3.63, 3.8) is 0 Å². The third-order valence-electron chi connectivity index (χ3n) is 1.88. The zero-order chi connectivity index (χ0) is 12.0. The molecule has 0 radical (unpaired) electrons. The molecule has 0 aliphatic carbocycles. The van der Waals surface area contributed by atoms with Gasteiger partial charge in [-0.3, -0.25) is 9.59 Å². The highest BCUT2D eigenvalue weighted by Crippen LogP contribution is 1.99. The molecule has 0 aromatic rings. The molecule has 6 heteroatoms. The number of nitrogens with zero attached hydrogens (tertiary/aromatic N) is 2. The maximum atomic E-state index is 11.6. The minimum absolute atomic E-state index is 0.0812. The van der Waals surface area contributed by atoms with E-state index in [0.717, 1.165) is 0 Å². The van der Waals surface area contributed by atoms with E-state index >= 15 is 0 Å². The van der Waals surface area contributed by atoms with Crippen LogP contribution in [0.5, 0.6) is 0 Å². The van der Waals surface area contributed by atoms with Crippen LogP contribution in [0.1, 0.15) is 6.42 Å². The summed E-state index contributed by atoms with van der Waals surface area (Å²) in [4.78, 5) is 30.6. The van der Waals surface area contributed by atoms with Crippen LogP contribution in [0.4, 0.5) is 0 Å². The highest BCUT2D eigenvalue weighted by Gasteiger charge is 2.23. The minimum atomic E-state index is -0.639. The molecule has 0 bridgehead atoms. The first kappa shape index (κ1) is 13.9. The van der Waals surface area contributed by atoms with Crippen LogP contribution in [0, 0.1) is 0 Å². The summed E-state index contributed by atoms with van der Waals surface area (Å²) in [7, 11) is 7.97. The van der Waals surface area contributed by atoms with E-state index in [0.29, 0.717) is 0 Å². The molecule has 15 heavy (non-hydrogen) atoms.